The van der Waals surface area contributed by atoms with E-state index >= 15 is 0 Å². The van der Waals surface area contributed by atoms with Gasteiger partial charge in [0, 0.05) is 34.9 Å². The molecule has 0 aliphatic heterocycles. The number of fused-ring (bicyclic) bond motifs is 1. The summed E-state index contributed by atoms with van der Waals surface area (Å²) < 4.78 is 38.9. The van der Waals surface area contributed by atoms with Gasteiger partial charge in [-0.3, -0.25) is 9.78 Å². The number of alkyl halides is 3. The summed E-state index contributed by atoms with van der Waals surface area (Å²) in [6, 6.07) is 18.3. The van der Waals surface area contributed by atoms with E-state index in [1.165, 1.54) is 36.4 Å². The minimum atomic E-state index is -4.43. The van der Waals surface area contributed by atoms with E-state index in [4.69, 9.17) is 0 Å². The van der Waals surface area contributed by atoms with Crippen LogP contribution in [0.4, 0.5) is 18.9 Å². The molecule has 0 aliphatic rings. The molecule has 0 fully saturated rings. The van der Waals surface area contributed by atoms with Crippen LogP contribution in [0.1, 0.15) is 16.7 Å². The number of nitrogens with one attached hydrogen (secondary N) is 1. The van der Waals surface area contributed by atoms with E-state index in [0.29, 0.717) is 22.4 Å². The number of aromatic nitrogens is 1. The molecule has 0 saturated heterocycles. The Morgan fingerprint density at radius 3 is 2.26 bits per heavy atom. The molecule has 1 heterocycles. The molecular weight excluding hydrogens is 441 g/mol. The molecule has 0 aliphatic carbocycles. The van der Waals surface area contributed by atoms with Crippen molar-refractivity contribution in [3.63, 3.8) is 0 Å². The maximum atomic E-state index is 13.0. The largest absolute Gasteiger partial charge is 0.508 e. The highest BCUT2D eigenvalue weighted by Crippen LogP contribution is 2.32. The van der Waals surface area contributed by atoms with Crippen LogP contribution in [0.15, 0.2) is 103 Å². The van der Waals surface area contributed by atoms with E-state index in [0.717, 1.165) is 22.9 Å². The van der Waals surface area contributed by atoms with Crippen molar-refractivity contribution in [1.29, 1.82) is 0 Å². The number of phenols is 1. The number of benzene rings is 3. The van der Waals surface area contributed by atoms with Gasteiger partial charge in [-0.25, -0.2) is 0 Å². The summed E-state index contributed by atoms with van der Waals surface area (Å²) in [7, 11) is 0. The Labute approximate surface area is 193 Å². The number of allylic oxidation sites excluding steroid dienone is 2. The fourth-order valence-electron chi connectivity index (χ4n) is 3.48. The lowest BCUT2D eigenvalue weighted by atomic mass is 9.96. The van der Waals surface area contributed by atoms with Crippen LogP contribution in [0, 0.1) is 0 Å². The first-order valence-electron chi connectivity index (χ1n) is 10.3. The Hall–Kier alpha value is -4.39. The van der Waals surface area contributed by atoms with E-state index in [1.54, 1.807) is 36.7 Å². The number of pyridine rings is 1. The molecule has 7 heteroatoms. The Kier molecular flexibility index (Phi) is 6.45. The lowest BCUT2D eigenvalue weighted by Gasteiger charge is -2.11. The first kappa shape index (κ1) is 22.8. The van der Waals surface area contributed by atoms with Gasteiger partial charge in [0.25, 0.3) is 0 Å². The number of amides is 1. The van der Waals surface area contributed by atoms with Crippen molar-refractivity contribution in [2.75, 3.05) is 5.32 Å². The average molecular weight is 460 g/mol. The maximum absolute atomic E-state index is 13.0. The maximum Gasteiger partial charge on any atom is 0.416 e. The van der Waals surface area contributed by atoms with Gasteiger partial charge in [-0.15, -0.1) is 0 Å². The van der Waals surface area contributed by atoms with Gasteiger partial charge in [0.05, 0.1) is 5.56 Å². The third kappa shape index (κ3) is 5.32. The molecule has 3 aromatic carbocycles. The van der Waals surface area contributed by atoms with Crippen LogP contribution in [-0.2, 0) is 11.0 Å². The minimum Gasteiger partial charge on any atom is -0.508 e. The summed E-state index contributed by atoms with van der Waals surface area (Å²) in [5, 5.41) is 14.2. The van der Waals surface area contributed by atoms with Crippen LogP contribution < -0.4 is 5.32 Å². The van der Waals surface area contributed by atoms with Gasteiger partial charge in [-0.2, -0.15) is 13.2 Å². The zero-order valence-electron chi connectivity index (χ0n) is 17.8. The highest BCUT2D eigenvalue weighted by Gasteiger charge is 2.30. The van der Waals surface area contributed by atoms with E-state index < -0.39 is 11.7 Å². The van der Waals surface area contributed by atoms with Gasteiger partial charge < -0.3 is 10.4 Å². The van der Waals surface area contributed by atoms with Gasteiger partial charge in [-0.05, 0) is 53.1 Å². The highest BCUT2D eigenvalue weighted by molar-refractivity contribution is 6.06. The standard InChI is InChI=1S/C27H19F3N2O2/c28-27(29,30)21-11-7-18(8-12-21)23(19-9-13-22(33)14-10-19)4-2-6-26(34)32-25-5-1-3-20-17-31-16-15-24(20)25/h1-17,33H,(H,32,34). The number of carbonyl (C=O) groups is 1. The van der Waals surface area contributed by atoms with E-state index in [9.17, 15) is 23.1 Å². The first-order chi connectivity index (χ1) is 16.3. The predicted molar refractivity (Wildman–Crippen MR) is 126 cm³/mol. The van der Waals surface area contributed by atoms with Crippen molar-refractivity contribution in [3.05, 3.63) is 120 Å². The molecular formula is C27H19F3N2O2. The van der Waals surface area contributed by atoms with Crippen molar-refractivity contribution in [1.82, 2.24) is 4.98 Å². The molecule has 4 aromatic rings. The third-order valence-electron chi connectivity index (χ3n) is 5.15. The number of nitrogens with zero attached hydrogens (tertiary/aromatic N) is 1. The summed E-state index contributed by atoms with van der Waals surface area (Å²) in [6.07, 6.45) is 3.42. The number of anilines is 1. The molecule has 1 aromatic heterocycles. The number of rotatable bonds is 5. The third-order valence-corrected chi connectivity index (χ3v) is 5.15. The SMILES string of the molecule is O=C(C=CC=C(c1ccc(O)cc1)c1ccc(C(F)(F)F)cc1)Nc1cccc2cnccc12. The van der Waals surface area contributed by atoms with Gasteiger partial charge in [0.1, 0.15) is 5.75 Å². The quantitative estimate of drug-likeness (QED) is 0.261. The molecule has 4 rings (SSSR count). The molecule has 34 heavy (non-hydrogen) atoms. The molecule has 0 unspecified atom stereocenters. The van der Waals surface area contributed by atoms with Crippen LogP contribution in [0.25, 0.3) is 16.3 Å². The Bertz CT molecular complexity index is 1370. The minimum absolute atomic E-state index is 0.0655. The molecule has 0 radical (unpaired) electrons. The molecule has 170 valence electrons. The van der Waals surface area contributed by atoms with Gasteiger partial charge >= 0.3 is 6.18 Å². The monoisotopic (exact) mass is 460 g/mol. The van der Waals surface area contributed by atoms with E-state index in [1.807, 2.05) is 18.2 Å². The second-order valence-corrected chi connectivity index (χ2v) is 7.45. The fraction of sp³-hybridized carbons (Fsp3) is 0.0370. The van der Waals surface area contributed by atoms with Crippen LogP contribution in [0.3, 0.4) is 0 Å². The first-order valence-corrected chi connectivity index (χ1v) is 10.3. The fourth-order valence-corrected chi connectivity index (χ4v) is 3.48. The van der Waals surface area contributed by atoms with Gasteiger partial charge in [0.2, 0.25) is 5.91 Å². The van der Waals surface area contributed by atoms with E-state index in [2.05, 4.69) is 10.3 Å². The van der Waals surface area contributed by atoms with Crippen molar-refractivity contribution in [3.8, 4) is 5.75 Å². The van der Waals surface area contributed by atoms with Crippen LogP contribution in [0.2, 0.25) is 0 Å². The van der Waals surface area contributed by atoms with Crippen LogP contribution >= 0.6 is 0 Å². The van der Waals surface area contributed by atoms with Crippen molar-refractivity contribution >= 4 is 27.9 Å². The summed E-state index contributed by atoms with van der Waals surface area (Å²) in [4.78, 5) is 16.6. The number of hydrogen-bond donors (Lipinski definition) is 2. The lowest BCUT2D eigenvalue weighted by Crippen LogP contribution is -2.08. The predicted octanol–water partition coefficient (Wildman–Crippen LogP) is 6.59. The molecule has 2 N–H and O–H groups in total. The Balaban J connectivity index is 1.61. The summed E-state index contributed by atoms with van der Waals surface area (Å²) >= 11 is 0. The van der Waals surface area contributed by atoms with Crippen molar-refractivity contribution in [2.24, 2.45) is 0 Å². The summed E-state index contributed by atoms with van der Waals surface area (Å²) in [6.45, 7) is 0. The Morgan fingerprint density at radius 1 is 0.912 bits per heavy atom. The molecule has 0 saturated carbocycles. The van der Waals surface area contributed by atoms with E-state index in [-0.39, 0.29) is 11.7 Å². The van der Waals surface area contributed by atoms with Gasteiger partial charge in [-0.1, -0.05) is 48.6 Å². The second kappa shape index (κ2) is 9.62. The molecule has 4 nitrogen and oxygen atoms in total. The zero-order chi connectivity index (χ0) is 24.1. The second-order valence-electron chi connectivity index (χ2n) is 7.45. The number of hydrogen-bond acceptors (Lipinski definition) is 3. The van der Waals surface area contributed by atoms with Crippen LogP contribution in [-0.4, -0.2) is 16.0 Å². The number of phenolic OH excluding ortho intramolecular Hbond substituents is 1. The molecule has 0 bridgehead atoms. The highest BCUT2D eigenvalue weighted by atomic mass is 19.4. The summed E-state index contributed by atoms with van der Waals surface area (Å²) in [5.41, 5.74) is 1.69. The van der Waals surface area contributed by atoms with Crippen LogP contribution in [0.5, 0.6) is 5.75 Å². The molecule has 1 amide bonds. The van der Waals surface area contributed by atoms with Gasteiger partial charge in [0.15, 0.2) is 0 Å². The number of aromatic hydroxyl groups is 1. The Morgan fingerprint density at radius 2 is 1.59 bits per heavy atom. The summed E-state index contributed by atoms with van der Waals surface area (Å²) in [5.74, 6) is -0.297. The average Bonchev–Trinajstić information content (AvgIpc) is 2.82. The smallest absolute Gasteiger partial charge is 0.416 e. The normalized spacial score (nSPS) is 12.3. The van der Waals surface area contributed by atoms with Crippen molar-refractivity contribution < 1.29 is 23.1 Å². The number of carbonyl (C=O) groups excluding carboxylic acids is 1. The molecule has 0 spiro atoms. The lowest BCUT2D eigenvalue weighted by molar-refractivity contribution is -0.137. The topological polar surface area (TPSA) is 62.2 Å². The molecule has 0 atom stereocenters. The number of halogens is 3. The zero-order valence-corrected chi connectivity index (χ0v) is 17.8. The van der Waals surface area contributed by atoms with Crippen molar-refractivity contribution in [2.45, 2.75) is 6.18 Å².